The van der Waals surface area contributed by atoms with Gasteiger partial charge in [-0.3, -0.25) is 9.48 Å². The molecule has 0 saturated heterocycles. The van der Waals surface area contributed by atoms with Crippen LogP contribution in [-0.4, -0.2) is 26.9 Å². The van der Waals surface area contributed by atoms with Gasteiger partial charge in [-0.15, -0.1) is 0 Å². The van der Waals surface area contributed by atoms with E-state index in [2.05, 4.69) is 20.6 Å². The second-order valence-electron chi connectivity index (χ2n) is 6.51. The Morgan fingerprint density at radius 1 is 1.10 bits per heavy atom. The smallest absolute Gasteiger partial charge is 0.354 e. The predicted octanol–water partition coefficient (Wildman–Crippen LogP) is 4.20. The third-order valence-electron chi connectivity index (χ3n) is 4.43. The first-order chi connectivity index (χ1) is 14.4. The number of aromatic amines is 1. The maximum Gasteiger partial charge on any atom is 0.435 e. The minimum atomic E-state index is -4.55. The Kier molecular flexibility index (Phi) is 5.09. The van der Waals surface area contributed by atoms with Crippen molar-refractivity contribution in [3.8, 4) is 11.3 Å². The standard InChI is InChI=1S/C21H16F3N5O/c22-21(23,24)18-10-11-29(28-18)13-19(30)27-25-12-16-15-8-4-5-9-17(15)26-20(16)14-6-2-1-3-7-14/h1-12,26H,13H2,(H,27,30). The van der Waals surface area contributed by atoms with Gasteiger partial charge in [0.2, 0.25) is 0 Å². The molecule has 2 heterocycles. The zero-order valence-corrected chi connectivity index (χ0v) is 15.5. The van der Waals surface area contributed by atoms with Crippen LogP contribution in [0.1, 0.15) is 11.3 Å². The number of fused-ring (bicyclic) bond motifs is 1. The quantitative estimate of drug-likeness (QED) is 0.382. The van der Waals surface area contributed by atoms with Gasteiger partial charge >= 0.3 is 6.18 Å². The Balaban J connectivity index is 1.53. The highest BCUT2D eigenvalue weighted by atomic mass is 19.4. The molecule has 2 aromatic carbocycles. The van der Waals surface area contributed by atoms with Crippen molar-refractivity contribution in [1.29, 1.82) is 0 Å². The van der Waals surface area contributed by atoms with Gasteiger partial charge in [0, 0.05) is 22.7 Å². The largest absolute Gasteiger partial charge is 0.435 e. The number of carbonyl (C=O) groups is 1. The zero-order chi connectivity index (χ0) is 21.1. The molecular formula is C21H16F3N5O. The molecule has 9 heteroatoms. The van der Waals surface area contributed by atoms with Gasteiger partial charge < -0.3 is 4.98 Å². The summed E-state index contributed by atoms with van der Waals surface area (Å²) in [5, 5.41) is 8.27. The van der Waals surface area contributed by atoms with Gasteiger partial charge in [0.15, 0.2) is 5.69 Å². The number of para-hydroxylation sites is 1. The van der Waals surface area contributed by atoms with E-state index in [1.165, 1.54) is 6.21 Å². The van der Waals surface area contributed by atoms with E-state index >= 15 is 0 Å². The number of benzene rings is 2. The van der Waals surface area contributed by atoms with Crippen LogP contribution in [0.3, 0.4) is 0 Å². The molecular weight excluding hydrogens is 395 g/mol. The van der Waals surface area contributed by atoms with E-state index < -0.39 is 17.8 Å². The van der Waals surface area contributed by atoms with E-state index in [0.29, 0.717) is 0 Å². The summed E-state index contributed by atoms with van der Waals surface area (Å²) in [5.74, 6) is -0.593. The molecule has 0 saturated carbocycles. The first-order valence-corrected chi connectivity index (χ1v) is 9.00. The van der Waals surface area contributed by atoms with Crippen LogP contribution in [0.2, 0.25) is 0 Å². The third kappa shape index (κ3) is 4.09. The SMILES string of the molecule is O=C(Cn1ccc(C(F)(F)F)n1)NN=Cc1c(-c2ccccc2)[nH]c2ccccc12. The van der Waals surface area contributed by atoms with Crippen molar-refractivity contribution in [2.45, 2.75) is 12.7 Å². The fourth-order valence-corrected chi connectivity index (χ4v) is 3.08. The van der Waals surface area contributed by atoms with Gasteiger partial charge in [-0.05, 0) is 17.7 Å². The van der Waals surface area contributed by atoms with Crippen LogP contribution in [0, 0.1) is 0 Å². The molecule has 4 rings (SSSR count). The summed E-state index contributed by atoms with van der Waals surface area (Å²) in [5.41, 5.74) is 4.79. The Bertz CT molecular complexity index is 1210. The molecule has 0 atom stereocenters. The van der Waals surface area contributed by atoms with Crippen LogP contribution in [0.25, 0.3) is 22.2 Å². The van der Waals surface area contributed by atoms with Crippen molar-refractivity contribution < 1.29 is 18.0 Å². The van der Waals surface area contributed by atoms with Crippen LogP contribution in [0.4, 0.5) is 13.2 Å². The maximum atomic E-state index is 12.6. The predicted molar refractivity (Wildman–Crippen MR) is 107 cm³/mol. The Labute approximate surface area is 169 Å². The molecule has 6 nitrogen and oxygen atoms in total. The van der Waals surface area contributed by atoms with Crippen LogP contribution in [-0.2, 0) is 17.5 Å². The molecule has 0 unspecified atom stereocenters. The number of alkyl halides is 3. The van der Waals surface area contributed by atoms with Crippen LogP contribution in [0.15, 0.2) is 72.0 Å². The highest BCUT2D eigenvalue weighted by Gasteiger charge is 2.33. The lowest BCUT2D eigenvalue weighted by atomic mass is 10.1. The molecule has 152 valence electrons. The van der Waals surface area contributed by atoms with Crippen molar-refractivity contribution in [3.05, 3.63) is 78.1 Å². The molecule has 0 aliphatic heterocycles. The van der Waals surface area contributed by atoms with Gasteiger partial charge in [0.05, 0.1) is 11.9 Å². The fourth-order valence-electron chi connectivity index (χ4n) is 3.08. The van der Waals surface area contributed by atoms with Gasteiger partial charge in [0.1, 0.15) is 6.54 Å². The molecule has 0 fully saturated rings. The van der Waals surface area contributed by atoms with Crippen LogP contribution < -0.4 is 5.43 Å². The van der Waals surface area contributed by atoms with E-state index in [0.717, 1.165) is 44.7 Å². The lowest BCUT2D eigenvalue weighted by Gasteiger charge is -2.03. The fraction of sp³-hybridized carbons (Fsp3) is 0.0952. The number of halogens is 3. The molecule has 1 amide bonds. The average Bonchev–Trinajstić information content (AvgIpc) is 3.34. The lowest BCUT2D eigenvalue weighted by Crippen LogP contribution is -2.23. The average molecular weight is 411 g/mol. The summed E-state index contributed by atoms with van der Waals surface area (Å²) in [4.78, 5) is 15.4. The van der Waals surface area contributed by atoms with Crippen LogP contribution >= 0.6 is 0 Å². The summed E-state index contributed by atoms with van der Waals surface area (Å²) < 4.78 is 38.7. The molecule has 0 spiro atoms. The van der Waals surface area contributed by atoms with Gasteiger partial charge in [0.25, 0.3) is 5.91 Å². The Hall–Kier alpha value is -3.88. The minimum absolute atomic E-state index is 0.382. The summed E-state index contributed by atoms with van der Waals surface area (Å²) >= 11 is 0. The number of rotatable bonds is 5. The number of nitrogens with one attached hydrogen (secondary N) is 2. The molecule has 2 N–H and O–H groups in total. The van der Waals surface area contributed by atoms with E-state index in [9.17, 15) is 18.0 Å². The van der Waals surface area contributed by atoms with Crippen molar-refractivity contribution in [2.24, 2.45) is 5.10 Å². The number of H-pyrrole nitrogens is 1. The molecule has 30 heavy (non-hydrogen) atoms. The summed E-state index contributed by atoms with van der Waals surface area (Å²) in [6.45, 7) is -0.382. The van der Waals surface area contributed by atoms with E-state index in [1.807, 2.05) is 54.6 Å². The Morgan fingerprint density at radius 2 is 1.83 bits per heavy atom. The number of nitrogens with zero attached hydrogens (tertiary/aromatic N) is 3. The molecule has 0 aliphatic rings. The number of carbonyl (C=O) groups excluding carboxylic acids is 1. The van der Waals surface area contributed by atoms with Gasteiger partial charge in [-0.2, -0.15) is 23.4 Å². The van der Waals surface area contributed by atoms with E-state index in [1.54, 1.807) is 0 Å². The van der Waals surface area contributed by atoms with Crippen molar-refractivity contribution in [2.75, 3.05) is 0 Å². The summed E-state index contributed by atoms with van der Waals surface area (Å²) in [6.07, 6.45) is -1.94. The highest BCUT2D eigenvalue weighted by molar-refractivity contribution is 6.06. The number of hydrogen-bond donors (Lipinski definition) is 2. The van der Waals surface area contributed by atoms with E-state index in [4.69, 9.17) is 0 Å². The summed E-state index contributed by atoms with van der Waals surface area (Å²) in [7, 11) is 0. The first-order valence-electron chi connectivity index (χ1n) is 9.00. The second-order valence-corrected chi connectivity index (χ2v) is 6.51. The van der Waals surface area contributed by atoms with Gasteiger partial charge in [-0.1, -0.05) is 48.5 Å². The normalized spacial score (nSPS) is 12.0. The molecule has 0 bridgehead atoms. The molecule has 0 aliphatic carbocycles. The first kappa shape index (κ1) is 19.4. The third-order valence-corrected chi connectivity index (χ3v) is 4.43. The van der Waals surface area contributed by atoms with Crippen molar-refractivity contribution in [1.82, 2.24) is 20.2 Å². The number of amides is 1. The van der Waals surface area contributed by atoms with Crippen molar-refractivity contribution in [3.63, 3.8) is 0 Å². The number of hydrazone groups is 1. The Morgan fingerprint density at radius 3 is 2.57 bits per heavy atom. The molecule has 2 aromatic heterocycles. The van der Waals surface area contributed by atoms with E-state index in [-0.39, 0.29) is 6.54 Å². The number of hydrogen-bond acceptors (Lipinski definition) is 3. The summed E-state index contributed by atoms with van der Waals surface area (Å²) in [6, 6.07) is 18.2. The second kappa shape index (κ2) is 7.86. The minimum Gasteiger partial charge on any atom is -0.354 e. The molecule has 4 aromatic rings. The van der Waals surface area contributed by atoms with Gasteiger partial charge in [-0.25, -0.2) is 5.43 Å². The molecule has 0 radical (unpaired) electrons. The lowest BCUT2D eigenvalue weighted by molar-refractivity contribution is -0.141. The monoisotopic (exact) mass is 411 g/mol. The zero-order valence-electron chi connectivity index (χ0n) is 15.5. The number of aromatic nitrogens is 3. The maximum absolute atomic E-state index is 12.6. The van der Waals surface area contributed by atoms with Crippen LogP contribution in [0.5, 0.6) is 0 Å². The van der Waals surface area contributed by atoms with Crippen molar-refractivity contribution >= 4 is 23.0 Å². The topological polar surface area (TPSA) is 75.1 Å². The highest BCUT2D eigenvalue weighted by Crippen LogP contribution is 2.29.